The zero-order valence-corrected chi connectivity index (χ0v) is 9.92. The standard InChI is InChI=1S/C11H18O4/c1-7(8(2)12)9(13)6-10(14)15-11(3,4)5/h7H,6H2,1-5H3. The van der Waals surface area contributed by atoms with Crippen molar-refractivity contribution < 1.29 is 19.1 Å². The highest BCUT2D eigenvalue weighted by molar-refractivity contribution is 6.07. The number of hydrogen-bond acceptors (Lipinski definition) is 4. The molecule has 15 heavy (non-hydrogen) atoms. The summed E-state index contributed by atoms with van der Waals surface area (Å²) in [6, 6.07) is 0. The van der Waals surface area contributed by atoms with Crippen LogP contribution >= 0.6 is 0 Å². The number of esters is 1. The summed E-state index contributed by atoms with van der Waals surface area (Å²) in [5, 5.41) is 0. The Hall–Kier alpha value is -1.19. The molecule has 4 heteroatoms. The van der Waals surface area contributed by atoms with E-state index in [1.54, 1.807) is 20.8 Å². The second-order valence-electron chi connectivity index (χ2n) is 4.56. The molecule has 0 aliphatic heterocycles. The average Bonchev–Trinajstić information content (AvgIpc) is 1.98. The Morgan fingerprint density at radius 1 is 1.20 bits per heavy atom. The smallest absolute Gasteiger partial charge is 0.313 e. The van der Waals surface area contributed by atoms with Crippen LogP contribution in [-0.2, 0) is 19.1 Å². The molecular weight excluding hydrogens is 196 g/mol. The summed E-state index contributed by atoms with van der Waals surface area (Å²) in [5.74, 6) is -1.93. The molecule has 0 saturated heterocycles. The van der Waals surface area contributed by atoms with Crippen molar-refractivity contribution in [3.63, 3.8) is 0 Å². The van der Waals surface area contributed by atoms with Gasteiger partial charge < -0.3 is 4.74 Å². The quantitative estimate of drug-likeness (QED) is 0.525. The number of ether oxygens (including phenoxy) is 1. The van der Waals surface area contributed by atoms with Gasteiger partial charge >= 0.3 is 5.97 Å². The highest BCUT2D eigenvalue weighted by Crippen LogP contribution is 2.10. The molecule has 0 spiro atoms. The van der Waals surface area contributed by atoms with E-state index in [2.05, 4.69) is 0 Å². The molecule has 4 nitrogen and oxygen atoms in total. The molecule has 86 valence electrons. The molecule has 0 bridgehead atoms. The van der Waals surface area contributed by atoms with E-state index in [0.29, 0.717) is 0 Å². The lowest BCUT2D eigenvalue weighted by Crippen LogP contribution is -2.28. The molecule has 0 aliphatic rings. The summed E-state index contributed by atoms with van der Waals surface area (Å²) in [6.45, 7) is 8.00. The lowest BCUT2D eigenvalue weighted by Gasteiger charge is -2.19. The average molecular weight is 214 g/mol. The van der Waals surface area contributed by atoms with E-state index in [4.69, 9.17) is 4.74 Å². The Morgan fingerprint density at radius 2 is 1.67 bits per heavy atom. The summed E-state index contributed by atoms with van der Waals surface area (Å²) >= 11 is 0. The lowest BCUT2D eigenvalue weighted by atomic mass is 10.00. The van der Waals surface area contributed by atoms with E-state index >= 15 is 0 Å². The van der Waals surface area contributed by atoms with E-state index < -0.39 is 23.3 Å². The molecule has 0 N–H and O–H groups in total. The first-order chi connectivity index (χ1) is 6.63. The van der Waals surface area contributed by atoms with Crippen LogP contribution in [0.1, 0.15) is 41.0 Å². The Labute approximate surface area is 90.0 Å². The first-order valence-corrected chi connectivity index (χ1v) is 4.88. The van der Waals surface area contributed by atoms with Crippen LogP contribution in [0.2, 0.25) is 0 Å². The van der Waals surface area contributed by atoms with Gasteiger partial charge in [0.15, 0.2) is 5.78 Å². The molecule has 0 aromatic heterocycles. The minimum Gasteiger partial charge on any atom is -0.460 e. The predicted molar refractivity (Wildman–Crippen MR) is 55.3 cm³/mol. The van der Waals surface area contributed by atoms with E-state index in [0.717, 1.165) is 0 Å². The topological polar surface area (TPSA) is 60.4 Å². The lowest BCUT2D eigenvalue weighted by molar-refractivity contribution is -0.156. The first-order valence-electron chi connectivity index (χ1n) is 4.88. The van der Waals surface area contributed by atoms with Gasteiger partial charge in [0.1, 0.15) is 17.8 Å². The predicted octanol–water partition coefficient (Wildman–Crippen LogP) is 1.51. The normalized spacial score (nSPS) is 13.1. The van der Waals surface area contributed by atoms with Crippen molar-refractivity contribution in [1.29, 1.82) is 0 Å². The fraction of sp³-hybridized carbons (Fsp3) is 0.727. The van der Waals surface area contributed by atoms with E-state index in [-0.39, 0.29) is 12.2 Å². The number of rotatable bonds is 4. The zero-order chi connectivity index (χ0) is 12.2. The minimum absolute atomic E-state index is 0.233. The Kier molecular flexibility index (Phi) is 4.65. The Bertz CT molecular complexity index is 273. The van der Waals surface area contributed by atoms with Gasteiger partial charge in [-0.25, -0.2) is 0 Å². The van der Waals surface area contributed by atoms with Gasteiger partial charge in [-0.2, -0.15) is 0 Å². The van der Waals surface area contributed by atoms with Crippen LogP contribution in [0.5, 0.6) is 0 Å². The molecule has 1 unspecified atom stereocenters. The van der Waals surface area contributed by atoms with Crippen molar-refractivity contribution in [1.82, 2.24) is 0 Å². The molecule has 0 fully saturated rings. The first kappa shape index (κ1) is 13.8. The molecule has 1 atom stereocenters. The molecule has 0 aromatic rings. The summed E-state index contributed by atoms with van der Waals surface area (Å²) in [6.07, 6.45) is -0.335. The third-order valence-corrected chi connectivity index (χ3v) is 1.83. The van der Waals surface area contributed by atoms with Crippen LogP contribution in [0.25, 0.3) is 0 Å². The van der Waals surface area contributed by atoms with Crippen LogP contribution < -0.4 is 0 Å². The molecule has 0 aliphatic carbocycles. The van der Waals surface area contributed by atoms with Crippen LogP contribution in [-0.4, -0.2) is 23.1 Å². The third-order valence-electron chi connectivity index (χ3n) is 1.83. The monoisotopic (exact) mass is 214 g/mol. The van der Waals surface area contributed by atoms with Crippen LogP contribution in [0, 0.1) is 5.92 Å². The molecular formula is C11H18O4. The molecule has 0 amide bonds. The van der Waals surface area contributed by atoms with Gasteiger partial charge in [0.2, 0.25) is 0 Å². The van der Waals surface area contributed by atoms with Crippen LogP contribution in [0.15, 0.2) is 0 Å². The summed E-state index contributed by atoms with van der Waals surface area (Å²) < 4.78 is 4.97. The second kappa shape index (κ2) is 5.05. The van der Waals surface area contributed by atoms with Gasteiger partial charge in [-0.1, -0.05) is 0 Å². The van der Waals surface area contributed by atoms with Gasteiger partial charge in [-0.05, 0) is 34.6 Å². The van der Waals surface area contributed by atoms with Gasteiger partial charge in [0, 0.05) is 0 Å². The van der Waals surface area contributed by atoms with Crippen molar-refractivity contribution in [3.05, 3.63) is 0 Å². The maximum Gasteiger partial charge on any atom is 0.313 e. The van der Waals surface area contributed by atoms with Crippen LogP contribution in [0.4, 0.5) is 0 Å². The summed E-state index contributed by atoms with van der Waals surface area (Å²) in [4.78, 5) is 33.5. The van der Waals surface area contributed by atoms with Gasteiger partial charge in [-0.15, -0.1) is 0 Å². The zero-order valence-electron chi connectivity index (χ0n) is 9.92. The van der Waals surface area contributed by atoms with E-state index in [1.807, 2.05) is 0 Å². The van der Waals surface area contributed by atoms with Gasteiger partial charge in [-0.3, -0.25) is 14.4 Å². The summed E-state index contributed by atoms with van der Waals surface area (Å²) in [5.41, 5.74) is -0.600. The number of ketones is 2. The molecule has 0 saturated carbocycles. The number of hydrogen-bond donors (Lipinski definition) is 0. The van der Waals surface area contributed by atoms with E-state index in [9.17, 15) is 14.4 Å². The maximum absolute atomic E-state index is 11.4. The molecule has 0 radical (unpaired) electrons. The van der Waals surface area contributed by atoms with Crippen molar-refractivity contribution in [2.24, 2.45) is 5.92 Å². The van der Waals surface area contributed by atoms with Gasteiger partial charge in [0.05, 0.1) is 5.92 Å². The molecule has 0 aromatic carbocycles. The number of carbonyl (C=O) groups is 3. The largest absolute Gasteiger partial charge is 0.460 e. The highest BCUT2D eigenvalue weighted by atomic mass is 16.6. The van der Waals surface area contributed by atoms with Crippen molar-refractivity contribution in [2.75, 3.05) is 0 Å². The third kappa shape index (κ3) is 5.99. The van der Waals surface area contributed by atoms with Gasteiger partial charge in [0.25, 0.3) is 0 Å². The number of Topliss-reactive ketones (excluding diaryl/α,β-unsaturated/α-hetero) is 2. The minimum atomic E-state index is -0.725. The fourth-order valence-electron chi connectivity index (χ4n) is 0.900. The Balaban J connectivity index is 4.20. The van der Waals surface area contributed by atoms with Crippen LogP contribution in [0.3, 0.4) is 0 Å². The maximum atomic E-state index is 11.4. The van der Waals surface area contributed by atoms with E-state index in [1.165, 1.54) is 13.8 Å². The fourth-order valence-corrected chi connectivity index (χ4v) is 0.900. The highest BCUT2D eigenvalue weighted by Gasteiger charge is 2.23. The Morgan fingerprint density at radius 3 is 2.00 bits per heavy atom. The SMILES string of the molecule is CC(=O)C(C)C(=O)CC(=O)OC(C)(C)C. The second-order valence-corrected chi connectivity index (χ2v) is 4.56. The molecule has 0 heterocycles. The van der Waals surface area contributed by atoms with Crippen molar-refractivity contribution >= 4 is 17.5 Å². The molecule has 0 rings (SSSR count). The van der Waals surface area contributed by atoms with Crippen molar-refractivity contribution in [3.8, 4) is 0 Å². The van der Waals surface area contributed by atoms with Crippen molar-refractivity contribution in [2.45, 2.75) is 46.6 Å². The number of carbonyl (C=O) groups excluding carboxylic acids is 3. The summed E-state index contributed by atoms with van der Waals surface area (Å²) in [7, 11) is 0.